The Bertz CT molecular complexity index is 1260. The molecule has 0 saturated carbocycles. The highest BCUT2D eigenvalue weighted by molar-refractivity contribution is 6.26. The Hall–Kier alpha value is -3.67. The van der Waals surface area contributed by atoms with Crippen LogP contribution in [0, 0.1) is 12.8 Å². The minimum atomic E-state index is -0.628. The molecule has 1 atom stereocenters. The first kappa shape index (κ1) is 24.5. The number of nitrogens with zero attached hydrogens (tertiary/aromatic N) is 2. The maximum Gasteiger partial charge on any atom is 0.259 e. The van der Waals surface area contributed by atoms with E-state index in [1.807, 2.05) is 82.3 Å². The number of hydrogen-bond acceptors (Lipinski definition) is 3. The zero-order valence-corrected chi connectivity index (χ0v) is 20.9. The second kappa shape index (κ2) is 10.3. The van der Waals surface area contributed by atoms with Crippen molar-refractivity contribution in [3.8, 4) is 0 Å². The monoisotopic (exact) mass is 471 g/mol. The molecule has 6 heteroatoms. The molecule has 182 valence electrons. The summed E-state index contributed by atoms with van der Waals surface area (Å²) < 4.78 is 0. The summed E-state index contributed by atoms with van der Waals surface area (Å²) in [4.78, 5) is 43.4. The van der Waals surface area contributed by atoms with Crippen LogP contribution in [-0.2, 0) is 16.1 Å². The molecule has 0 aromatic heterocycles. The van der Waals surface area contributed by atoms with Crippen LogP contribution < -0.4 is 10.2 Å². The third-order valence-electron chi connectivity index (χ3n) is 6.61. The van der Waals surface area contributed by atoms with Crippen LogP contribution in [0.4, 0.5) is 5.69 Å². The van der Waals surface area contributed by atoms with Crippen molar-refractivity contribution in [3.05, 3.63) is 77.4 Å². The molecule has 6 nitrogen and oxygen atoms in total. The van der Waals surface area contributed by atoms with Crippen molar-refractivity contribution in [3.63, 3.8) is 0 Å². The summed E-state index contributed by atoms with van der Waals surface area (Å²) in [5.41, 5.74) is 3.38. The van der Waals surface area contributed by atoms with E-state index in [1.54, 1.807) is 15.9 Å². The Morgan fingerprint density at radius 1 is 1.00 bits per heavy atom. The van der Waals surface area contributed by atoms with Crippen LogP contribution in [0.5, 0.6) is 0 Å². The first-order valence-electron chi connectivity index (χ1n) is 12.3. The minimum Gasteiger partial charge on any atom is -0.354 e. The third-order valence-corrected chi connectivity index (χ3v) is 6.61. The van der Waals surface area contributed by atoms with Gasteiger partial charge in [0.25, 0.3) is 5.91 Å². The molecule has 0 radical (unpaired) electrons. The van der Waals surface area contributed by atoms with Crippen LogP contribution in [0.25, 0.3) is 10.8 Å². The second-order valence-electron chi connectivity index (χ2n) is 9.58. The summed E-state index contributed by atoms with van der Waals surface area (Å²) in [5, 5.41) is 4.83. The Morgan fingerprint density at radius 3 is 2.40 bits per heavy atom. The highest BCUT2D eigenvalue weighted by Crippen LogP contribution is 2.37. The Kier molecular flexibility index (Phi) is 7.20. The fourth-order valence-corrected chi connectivity index (χ4v) is 4.68. The molecule has 0 fully saturated rings. The summed E-state index contributed by atoms with van der Waals surface area (Å²) in [6, 6.07) is 18.6. The number of hydrogen-bond donors (Lipinski definition) is 1. The molecule has 1 N–H and O–H groups in total. The summed E-state index contributed by atoms with van der Waals surface area (Å²) >= 11 is 0. The molecule has 35 heavy (non-hydrogen) atoms. The van der Waals surface area contributed by atoms with Gasteiger partial charge in [0.05, 0.1) is 5.69 Å². The first-order valence-corrected chi connectivity index (χ1v) is 12.3. The number of aryl methyl sites for hydroxylation is 1. The van der Waals surface area contributed by atoms with Gasteiger partial charge in [0, 0.05) is 24.0 Å². The zero-order valence-electron chi connectivity index (χ0n) is 20.9. The maximum atomic E-state index is 13.8. The van der Waals surface area contributed by atoms with E-state index in [2.05, 4.69) is 5.32 Å². The van der Waals surface area contributed by atoms with E-state index < -0.39 is 6.04 Å². The lowest BCUT2D eigenvalue weighted by atomic mass is 10.1. The Labute approximate surface area is 206 Å². The fraction of sp³-hybridized carbons (Fsp3) is 0.345. The Morgan fingerprint density at radius 2 is 1.71 bits per heavy atom. The van der Waals surface area contributed by atoms with Crippen molar-refractivity contribution in [1.29, 1.82) is 0 Å². The number of nitrogens with one attached hydrogen (secondary N) is 1. The highest BCUT2D eigenvalue weighted by atomic mass is 16.2. The van der Waals surface area contributed by atoms with E-state index in [-0.39, 0.29) is 24.3 Å². The van der Waals surface area contributed by atoms with Crippen molar-refractivity contribution in [1.82, 2.24) is 10.2 Å². The van der Waals surface area contributed by atoms with Gasteiger partial charge < -0.3 is 10.2 Å². The predicted octanol–water partition coefficient (Wildman–Crippen LogP) is 4.69. The molecular weight excluding hydrogens is 438 g/mol. The zero-order chi connectivity index (χ0) is 25.1. The SMILES string of the molecule is CC[C@@H](C(=O)NCC(C)C)N(Cc1ccccc1C)C(=O)CN1C(=O)c2cccc3cccc1c23. The highest BCUT2D eigenvalue weighted by Gasteiger charge is 2.35. The van der Waals surface area contributed by atoms with Gasteiger partial charge in [-0.3, -0.25) is 19.3 Å². The van der Waals surface area contributed by atoms with Gasteiger partial charge in [-0.25, -0.2) is 0 Å². The summed E-state index contributed by atoms with van der Waals surface area (Å²) in [6.45, 7) is 8.71. The third kappa shape index (κ3) is 4.92. The van der Waals surface area contributed by atoms with Crippen molar-refractivity contribution in [2.45, 2.75) is 46.7 Å². The quantitative estimate of drug-likeness (QED) is 0.492. The predicted molar refractivity (Wildman–Crippen MR) is 139 cm³/mol. The lowest BCUT2D eigenvalue weighted by Crippen LogP contribution is -2.52. The number of amides is 3. The van der Waals surface area contributed by atoms with Gasteiger partial charge in [-0.05, 0) is 47.9 Å². The summed E-state index contributed by atoms with van der Waals surface area (Å²) in [6.07, 6.45) is 0.477. The average Bonchev–Trinajstić information content (AvgIpc) is 3.11. The summed E-state index contributed by atoms with van der Waals surface area (Å²) in [5.74, 6) is -0.296. The molecule has 3 aromatic carbocycles. The molecule has 1 aliphatic rings. The number of benzene rings is 3. The van der Waals surface area contributed by atoms with Gasteiger partial charge in [-0.15, -0.1) is 0 Å². The number of carbonyl (C=O) groups excluding carboxylic acids is 3. The molecule has 0 spiro atoms. The topological polar surface area (TPSA) is 69.7 Å². The molecule has 0 unspecified atom stereocenters. The van der Waals surface area contributed by atoms with Crippen molar-refractivity contribution >= 4 is 34.2 Å². The van der Waals surface area contributed by atoms with Gasteiger partial charge >= 0.3 is 0 Å². The lowest BCUT2D eigenvalue weighted by Gasteiger charge is -2.32. The van der Waals surface area contributed by atoms with Gasteiger partial charge in [-0.1, -0.05) is 69.3 Å². The minimum absolute atomic E-state index is 0.119. The van der Waals surface area contributed by atoms with Crippen molar-refractivity contribution < 1.29 is 14.4 Å². The fourth-order valence-electron chi connectivity index (χ4n) is 4.68. The van der Waals surface area contributed by atoms with Gasteiger partial charge in [0.15, 0.2) is 0 Å². The molecule has 3 aromatic rings. The van der Waals surface area contributed by atoms with Gasteiger partial charge in [0.1, 0.15) is 12.6 Å². The Balaban J connectivity index is 1.65. The van der Waals surface area contributed by atoms with E-state index >= 15 is 0 Å². The second-order valence-corrected chi connectivity index (χ2v) is 9.58. The average molecular weight is 472 g/mol. The standard InChI is InChI=1S/C29H33N3O3/c1-5-24(28(34)30-16-19(2)3)31(17-22-11-7-6-10-20(22)4)26(33)18-32-25-15-9-13-21-12-8-14-23(27(21)25)29(32)35/h6-15,19,24H,5,16-18H2,1-4H3,(H,30,34)/t24-/m0/s1. The van der Waals surface area contributed by atoms with Gasteiger partial charge in [-0.2, -0.15) is 0 Å². The smallest absolute Gasteiger partial charge is 0.259 e. The van der Waals surface area contributed by atoms with Crippen molar-refractivity contribution in [2.24, 2.45) is 5.92 Å². The van der Waals surface area contributed by atoms with Crippen LogP contribution in [0.15, 0.2) is 60.7 Å². The number of anilines is 1. The lowest BCUT2D eigenvalue weighted by molar-refractivity contribution is -0.140. The van der Waals surface area contributed by atoms with Crippen LogP contribution in [0.2, 0.25) is 0 Å². The van der Waals surface area contributed by atoms with Crippen LogP contribution in [-0.4, -0.2) is 41.8 Å². The van der Waals surface area contributed by atoms with E-state index in [4.69, 9.17) is 0 Å². The maximum absolute atomic E-state index is 13.8. The van der Waals surface area contributed by atoms with E-state index in [1.165, 1.54) is 0 Å². The molecule has 4 rings (SSSR count). The van der Waals surface area contributed by atoms with Crippen molar-refractivity contribution in [2.75, 3.05) is 18.0 Å². The molecule has 1 aliphatic heterocycles. The largest absolute Gasteiger partial charge is 0.354 e. The van der Waals surface area contributed by atoms with E-state index in [0.29, 0.717) is 31.0 Å². The molecule has 1 heterocycles. The van der Waals surface area contributed by atoms with Crippen LogP contribution in [0.3, 0.4) is 0 Å². The molecule has 0 saturated heterocycles. The first-order chi connectivity index (χ1) is 16.8. The van der Waals surface area contributed by atoms with E-state index in [9.17, 15) is 14.4 Å². The number of rotatable bonds is 9. The summed E-state index contributed by atoms with van der Waals surface area (Å²) in [7, 11) is 0. The normalized spacial score (nSPS) is 13.4. The van der Waals surface area contributed by atoms with Gasteiger partial charge in [0.2, 0.25) is 11.8 Å². The van der Waals surface area contributed by atoms with Crippen LogP contribution >= 0.6 is 0 Å². The molecular formula is C29H33N3O3. The van der Waals surface area contributed by atoms with E-state index in [0.717, 1.165) is 27.6 Å². The molecule has 0 bridgehead atoms. The number of carbonyl (C=O) groups is 3. The molecule has 3 amide bonds. The van der Waals surface area contributed by atoms with Crippen LogP contribution in [0.1, 0.15) is 48.7 Å². The molecule has 0 aliphatic carbocycles.